The molecular weight excluding hydrogens is 699 g/mol. The smallest absolute Gasteiger partial charge is 0.0561 e. The van der Waals surface area contributed by atoms with E-state index >= 15 is 0 Å². The molecule has 56 heavy (non-hydrogen) atoms. The first-order chi connectivity index (χ1) is 27.8. The number of hydrogen-bond acceptors (Lipinski definition) is 3. The van der Waals surface area contributed by atoms with Gasteiger partial charge in [0, 0.05) is 70.8 Å². The third-order valence-electron chi connectivity index (χ3n) is 10.9. The number of nitrogens with zero attached hydrogens (tertiary/aromatic N) is 3. The minimum absolute atomic E-state index is 1.07. The van der Waals surface area contributed by atoms with Crippen molar-refractivity contribution >= 4 is 98.2 Å². The summed E-state index contributed by atoms with van der Waals surface area (Å²) in [6, 6.07) is 76.8. The maximum Gasteiger partial charge on any atom is 0.0561 e. The number of para-hydroxylation sites is 4. The highest BCUT2D eigenvalue weighted by atomic mass is 32.1. The largest absolute Gasteiger partial charge is 0.310 e. The minimum Gasteiger partial charge on any atom is -0.310 e. The van der Waals surface area contributed by atoms with Gasteiger partial charge in [0.25, 0.3) is 0 Å². The lowest BCUT2D eigenvalue weighted by Crippen LogP contribution is -2.13. The number of thiophene rings is 1. The highest BCUT2D eigenvalue weighted by molar-refractivity contribution is 7.26. The summed E-state index contributed by atoms with van der Waals surface area (Å²) in [7, 11) is 0. The summed E-state index contributed by atoms with van der Waals surface area (Å²) in [5.41, 5.74) is 10.1. The van der Waals surface area contributed by atoms with Crippen LogP contribution < -0.4 is 9.80 Å². The quantitative estimate of drug-likeness (QED) is 0.162. The highest BCUT2D eigenvalue weighted by Crippen LogP contribution is 2.44. The van der Waals surface area contributed by atoms with Crippen LogP contribution in [-0.2, 0) is 0 Å². The van der Waals surface area contributed by atoms with Crippen molar-refractivity contribution in [3.63, 3.8) is 0 Å². The van der Waals surface area contributed by atoms with E-state index in [-0.39, 0.29) is 0 Å². The lowest BCUT2D eigenvalue weighted by Gasteiger charge is -2.29. The molecule has 0 atom stereocenters. The Kier molecular flexibility index (Phi) is 7.68. The average Bonchev–Trinajstić information content (AvgIpc) is 3.81. The Hall–Kier alpha value is -7.14. The van der Waals surface area contributed by atoms with Crippen LogP contribution in [0.3, 0.4) is 0 Å². The second kappa shape index (κ2) is 13.3. The van der Waals surface area contributed by atoms with Gasteiger partial charge in [-0.3, -0.25) is 0 Å². The van der Waals surface area contributed by atoms with E-state index in [9.17, 15) is 0 Å². The monoisotopic (exact) mass is 733 g/mol. The zero-order valence-corrected chi connectivity index (χ0v) is 31.3. The second-order valence-corrected chi connectivity index (χ2v) is 15.3. The van der Waals surface area contributed by atoms with Crippen molar-refractivity contribution in [2.24, 2.45) is 0 Å². The number of hydrogen-bond donors (Lipinski definition) is 0. The standard InChI is InChI=1S/C52H35N3S/c1-4-15-37(16-5-1)53(42-28-30-44-36(33-42)27-32-51-52(44)47-24-11-13-26-50(47)56-51)40-21-14-22-41(34-40)54(38-17-6-2-7-18-38)43-29-31-46-45-23-10-12-25-48(45)55(49(46)35-43)39-19-8-3-9-20-39/h1-35H. The molecule has 0 aliphatic carbocycles. The second-order valence-electron chi connectivity index (χ2n) is 14.2. The first-order valence-corrected chi connectivity index (χ1v) is 19.8. The van der Waals surface area contributed by atoms with Crippen molar-refractivity contribution < 1.29 is 0 Å². The summed E-state index contributed by atoms with van der Waals surface area (Å²) in [5, 5.41) is 7.64. The maximum absolute atomic E-state index is 2.39. The number of rotatable bonds is 7. The van der Waals surface area contributed by atoms with Crippen LogP contribution in [0.1, 0.15) is 0 Å². The van der Waals surface area contributed by atoms with Crippen LogP contribution >= 0.6 is 11.3 Å². The van der Waals surface area contributed by atoms with Crippen molar-refractivity contribution in [1.82, 2.24) is 4.57 Å². The molecule has 3 nitrogen and oxygen atoms in total. The van der Waals surface area contributed by atoms with Gasteiger partial charge in [-0.05, 0) is 108 Å². The van der Waals surface area contributed by atoms with Crippen molar-refractivity contribution in [2.75, 3.05) is 9.80 Å². The molecule has 9 aromatic carbocycles. The third kappa shape index (κ3) is 5.34. The summed E-state index contributed by atoms with van der Waals surface area (Å²) in [6.07, 6.45) is 0. The minimum atomic E-state index is 1.07. The molecule has 2 heterocycles. The van der Waals surface area contributed by atoms with Crippen molar-refractivity contribution in [3.05, 3.63) is 212 Å². The van der Waals surface area contributed by atoms with Gasteiger partial charge in [0.2, 0.25) is 0 Å². The van der Waals surface area contributed by atoms with Gasteiger partial charge in [-0.1, -0.05) is 115 Å². The van der Waals surface area contributed by atoms with E-state index < -0.39 is 0 Å². The molecule has 0 saturated carbocycles. The number of benzene rings is 9. The van der Waals surface area contributed by atoms with E-state index in [1.807, 2.05) is 11.3 Å². The molecule has 0 radical (unpaired) electrons. The fourth-order valence-electron chi connectivity index (χ4n) is 8.45. The van der Waals surface area contributed by atoms with Gasteiger partial charge in [-0.25, -0.2) is 0 Å². The summed E-state index contributed by atoms with van der Waals surface area (Å²) >= 11 is 1.87. The predicted molar refractivity (Wildman–Crippen MR) is 241 cm³/mol. The fourth-order valence-corrected chi connectivity index (χ4v) is 9.57. The van der Waals surface area contributed by atoms with Crippen LogP contribution in [0.25, 0.3) is 58.4 Å². The van der Waals surface area contributed by atoms with E-state index in [0.29, 0.717) is 0 Å². The van der Waals surface area contributed by atoms with Crippen molar-refractivity contribution in [2.45, 2.75) is 0 Å². The Morgan fingerprint density at radius 1 is 0.321 bits per heavy atom. The number of fused-ring (bicyclic) bond motifs is 8. The summed E-state index contributed by atoms with van der Waals surface area (Å²) in [5.74, 6) is 0. The molecule has 0 spiro atoms. The molecule has 0 saturated heterocycles. The lowest BCUT2D eigenvalue weighted by atomic mass is 10.0. The van der Waals surface area contributed by atoms with Crippen LogP contribution in [0, 0.1) is 0 Å². The lowest BCUT2D eigenvalue weighted by molar-refractivity contribution is 1.18. The average molecular weight is 734 g/mol. The molecular formula is C52H35N3S. The Labute approximate surface area is 329 Å². The molecule has 0 amide bonds. The van der Waals surface area contributed by atoms with Gasteiger partial charge in [0.1, 0.15) is 0 Å². The van der Waals surface area contributed by atoms with Crippen LogP contribution in [0.5, 0.6) is 0 Å². The van der Waals surface area contributed by atoms with Crippen molar-refractivity contribution in [3.8, 4) is 5.69 Å². The Morgan fingerprint density at radius 2 is 0.857 bits per heavy atom. The molecule has 0 unspecified atom stereocenters. The first kappa shape index (κ1) is 32.3. The Balaban J connectivity index is 1.09. The van der Waals surface area contributed by atoms with Gasteiger partial charge in [0.05, 0.1) is 11.0 Å². The molecule has 0 fully saturated rings. The summed E-state index contributed by atoms with van der Waals surface area (Å²) < 4.78 is 5.03. The zero-order valence-electron chi connectivity index (χ0n) is 30.5. The van der Waals surface area contributed by atoms with Crippen LogP contribution in [-0.4, -0.2) is 4.57 Å². The zero-order chi connectivity index (χ0) is 37.0. The third-order valence-corrected chi connectivity index (χ3v) is 12.0. The van der Waals surface area contributed by atoms with Gasteiger partial charge in [0.15, 0.2) is 0 Å². The van der Waals surface area contributed by atoms with Crippen LogP contribution in [0.15, 0.2) is 212 Å². The van der Waals surface area contributed by atoms with Crippen LogP contribution in [0.4, 0.5) is 34.1 Å². The van der Waals surface area contributed by atoms with Gasteiger partial charge >= 0.3 is 0 Å². The molecule has 2 aromatic heterocycles. The predicted octanol–water partition coefficient (Wildman–Crippen LogP) is 15.2. The fraction of sp³-hybridized carbons (Fsp3) is 0. The molecule has 4 heteroatoms. The maximum atomic E-state index is 2.39. The van der Waals surface area contributed by atoms with Crippen LogP contribution in [0.2, 0.25) is 0 Å². The molecule has 0 aliphatic heterocycles. The van der Waals surface area contributed by atoms with E-state index in [1.54, 1.807) is 0 Å². The summed E-state index contributed by atoms with van der Waals surface area (Å²) in [4.78, 5) is 4.75. The molecule has 264 valence electrons. The topological polar surface area (TPSA) is 11.4 Å². The first-order valence-electron chi connectivity index (χ1n) is 19.0. The Morgan fingerprint density at radius 3 is 1.57 bits per heavy atom. The molecule has 11 rings (SSSR count). The SMILES string of the molecule is c1ccc(N(c2cccc(N(c3ccccc3)c3ccc4c5ccccc5n(-c5ccccc5)c4c3)c2)c2ccc3c(ccc4sc5ccccc5c43)c2)cc1. The molecule has 0 aliphatic rings. The van der Waals surface area contributed by atoms with E-state index in [0.717, 1.165) is 39.8 Å². The molecule has 0 N–H and O–H groups in total. The summed E-state index contributed by atoms with van der Waals surface area (Å²) in [6.45, 7) is 0. The van der Waals surface area contributed by atoms with E-state index in [4.69, 9.17) is 0 Å². The normalized spacial score (nSPS) is 11.6. The van der Waals surface area contributed by atoms with E-state index in [2.05, 4.69) is 227 Å². The van der Waals surface area contributed by atoms with Gasteiger partial charge < -0.3 is 14.4 Å². The van der Waals surface area contributed by atoms with Crippen molar-refractivity contribution in [1.29, 1.82) is 0 Å². The van der Waals surface area contributed by atoms with Gasteiger partial charge in [-0.15, -0.1) is 11.3 Å². The molecule has 0 bridgehead atoms. The molecule has 11 aromatic rings. The highest BCUT2D eigenvalue weighted by Gasteiger charge is 2.20. The van der Waals surface area contributed by atoms with E-state index in [1.165, 1.54) is 52.8 Å². The number of anilines is 6. The number of aromatic nitrogens is 1. The van der Waals surface area contributed by atoms with Gasteiger partial charge in [-0.2, -0.15) is 0 Å². The Bertz CT molecular complexity index is 3200.